The summed E-state index contributed by atoms with van der Waals surface area (Å²) in [6.07, 6.45) is 7.12. The van der Waals surface area contributed by atoms with E-state index in [0.29, 0.717) is 6.61 Å². The molecule has 1 atom stereocenters. The van der Waals surface area contributed by atoms with Gasteiger partial charge in [0.1, 0.15) is 0 Å². The molecular formula is C24H24N2O2S. The number of amides is 1. The summed E-state index contributed by atoms with van der Waals surface area (Å²) in [5, 5.41) is 6.26. The average Bonchev–Trinajstić information content (AvgIpc) is 3.26. The first-order chi connectivity index (χ1) is 14.3. The zero-order valence-electron chi connectivity index (χ0n) is 16.3. The standard InChI is InChI=1S/C24H24N2O2S/c27-24(25-17-7-4-12-28-15-17)22-19-9-1-2-11-21(19)26-23-16(6-3-10-20(22)23)14-18-8-5-13-29-18/h1-2,5,8-9,11,13-14,17H,3-4,6-7,10,12,15H2,(H,25,27)/b16-14-. The quantitative estimate of drug-likeness (QED) is 0.662. The van der Waals surface area contributed by atoms with Crippen LogP contribution in [0.4, 0.5) is 0 Å². The Morgan fingerprint density at radius 1 is 1.17 bits per heavy atom. The summed E-state index contributed by atoms with van der Waals surface area (Å²) in [6, 6.07) is 12.3. The molecule has 148 valence electrons. The molecule has 4 nitrogen and oxygen atoms in total. The highest BCUT2D eigenvalue weighted by Gasteiger charge is 2.26. The molecule has 2 aliphatic rings. The van der Waals surface area contributed by atoms with Crippen LogP contribution in [-0.4, -0.2) is 30.1 Å². The highest BCUT2D eigenvalue weighted by Crippen LogP contribution is 2.36. The lowest BCUT2D eigenvalue weighted by atomic mass is 9.86. The summed E-state index contributed by atoms with van der Waals surface area (Å²) in [4.78, 5) is 19.6. The van der Waals surface area contributed by atoms with Crippen LogP contribution in [0.2, 0.25) is 0 Å². The number of fused-ring (bicyclic) bond motifs is 2. The highest BCUT2D eigenvalue weighted by atomic mass is 32.1. The Labute approximate surface area is 174 Å². The van der Waals surface area contributed by atoms with E-state index in [1.165, 1.54) is 10.5 Å². The van der Waals surface area contributed by atoms with Gasteiger partial charge in [-0.1, -0.05) is 24.3 Å². The first kappa shape index (κ1) is 18.5. The topological polar surface area (TPSA) is 51.2 Å². The van der Waals surface area contributed by atoms with Gasteiger partial charge in [-0.3, -0.25) is 4.79 Å². The molecule has 0 spiro atoms. The molecule has 29 heavy (non-hydrogen) atoms. The van der Waals surface area contributed by atoms with Crippen LogP contribution in [0, 0.1) is 0 Å². The Morgan fingerprint density at radius 2 is 2.10 bits per heavy atom. The van der Waals surface area contributed by atoms with Crippen molar-refractivity contribution in [1.29, 1.82) is 0 Å². The van der Waals surface area contributed by atoms with Crippen LogP contribution < -0.4 is 5.32 Å². The molecule has 0 bridgehead atoms. The van der Waals surface area contributed by atoms with Gasteiger partial charge in [0, 0.05) is 16.9 Å². The Bertz CT molecular complexity index is 1070. The number of rotatable bonds is 3. The monoisotopic (exact) mass is 404 g/mol. The Morgan fingerprint density at radius 3 is 2.93 bits per heavy atom. The Kier molecular flexibility index (Phi) is 5.17. The molecule has 0 radical (unpaired) electrons. The van der Waals surface area contributed by atoms with Gasteiger partial charge in [-0.15, -0.1) is 11.3 Å². The number of ether oxygens (including phenoxy) is 1. The third kappa shape index (κ3) is 3.72. The van der Waals surface area contributed by atoms with Crippen molar-refractivity contribution < 1.29 is 9.53 Å². The van der Waals surface area contributed by atoms with Gasteiger partial charge >= 0.3 is 0 Å². The second-order valence-corrected chi connectivity index (χ2v) is 8.74. The van der Waals surface area contributed by atoms with Crippen molar-refractivity contribution in [2.75, 3.05) is 13.2 Å². The summed E-state index contributed by atoms with van der Waals surface area (Å²) in [5.74, 6) is 0.00715. The normalized spacial score (nSPS) is 20.6. The summed E-state index contributed by atoms with van der Waals surface area (Å²) in [6.45, 7) is 1.39. The second-order valence-electron chi connectivity index (χ2n) is 7.76. The number of aromatic nitrogens is 1. The predicted molar refractivity (Wildman–Crippen MR) is 118 cm³/mol. The Balaban J connectivity index is 1.62. The van der Waals surface area contributed by atoms with Crippen molar-refractivity contribution in [3.05, 3.63) is 63.5 Å². The SMILES string of the molecule is O=C(NC1CCCOC1)c1c2c(nc3ccccc13)/C(=C\c1cccs1)CCC2. The lowest BCUT2D eigenvalue weighted by molar-refractivity contribution is 0.0624. The van der Waals surface area contributed by atoms with Crippen LogP contribution in [-0.2, 0) is 11.2 Å². The molecule has 1 saturated heterocycles. The van der Waals surface area contributed by atoms with Gasteiger partial charge in [-0.05, 0) is 66.8 Å². The number of para-hydroxylation sites is 1. The minimum Gasteiger partial charge on any atom is -0.379 e. The minimum absolute atomic E-state index is 0.00715. The molecule has 1 aliphatic carbocycles. The van der Waals surface area contributed by atoms with Gasteiger partial charge in [0.2, 0.25) is 0 Å². The molecule has 5 rings (SSSR count). The highest BCUT2D eigenvalue weighted by molar-refractivity contribution is 7.10. The summed E-state index contributed by atoms with van der Waals surface area (Å²) < 4.78 is 5.56. The zero-order valence-corrected chi connectivity index (χ0v) is 17.1. The number of nitrogens with zero attached hydrogens (tertiary/aromatic N) is 1. The first-order valence-corrected chi connectivity index (χ1v) is 11.2. The number of nitrogens with one attached hydrogen (secondary N) is 1. The van der Waals surface area contributed by atoms with Crippen LogP contribution in [0.15, 0.2) is 41.8 Å². The number of hydrogen-bond donors (Lipinski definition) is 1. The van der Waals surface area contributed by atoms with Gasteiger partial charge in [-0.25, -0.2) is 4.98 Å². The van der Waals surface area contributed by atoms with Crippen molar-refractivity contribution in [3.63, 3.8) is 0 Å². The van der Waals surface area contributed by atoms with Gasteiger partial charge < -0.3 is 10.1 Å². The largest absolute Gasteiger partial charge is 0.379 e. The predicted octanol–water partition coefficient (Wildman–Crippen LogP) is 5.08. The van der Waals surface area contributed by atoms with E-state index in [2.05, 4.69) is 28.9 Å². The first-order valence-electron chi connectivity index (χ1n) is 10.3. The maximum Gasteiger partial charge on any atom is 0.252 e. The van der Waals surface area contributed by atoms with E-state index in [9.17, 15) is 4.79 Å². The van der Waals surface area contributed by atoms with Crippen molar-refractivity contribution in [2.45, 2.75) is 38.1 Å². The number of hydrogen-bond acceptors (Lipinski definition) is 4. The van der Waals surface area contributed by atoms with Gasteiger partial charge in [0.25, 0.3) is 5.91 Å². The van der Waals surface area contributed by atoms with E-state index in [-0.39, 0.29) is 11.9 Å². The maximum atomic E-state index is 13.4. The van der Waals surface area contributed by atoms with E-state index in [0.717, 1.165) is 66.4 Å². The fourth-order valence-corrected chi connectivity index (χ4v) is 5.07. The second kappa shape index (κ2) is 8.09. The van der Waals surface area contributed by atoms with Crippen LogP contribution in [0.3, 0.4) is 0 Å². The van der Waals surface area contributed by atoms with E-state index < -0.39 is 0 Å². The summed E-state index contributed by atoms with van der Waals surface area (Å²) in [5.41, 5.74) is 5.00. The fraction of sp³-hybridized carbons (Fsp3) is 0.333. The van der Waals surface area contributed by atoms with Crippen LogP contribution in [0.5, 0.6) is 0 Å². The maximum absolute atomic E-state index is 13.4. The lowest BCUT2D eigenvalue weighted by Gasteiger charge is -2.26. The minimum atomic E-state index is 0.00715. The van der Waals surface area contributed by atoms with Crippen molar-refractivity contribution in [1.82, 2.24) is 10.3 Å². The molecule has 1 amide bonds. The number of allylic oxidation sites excluding steroid dienone is 1. The van der Waals surface area contributed by atoms with Crippen LogP contribution in [0.25, 0.3) is 22.6 Å². The molecule has 3 aromatic rings. The molecule has 2 aromatic heterocycles. The fourth-order valence-electron chi connectivity index (χ4n) is 4.39. The van der Waals surface area contributed by atoms with E-state index in [1.54, 1.807) is 11.3 Å². The van der Waals surface area contributed by atoms with Crippen molar-refractivity contribution in [3.8, 4) is 0 Å². The third-order valence-electron chi connectivity index (χ3n) is 5.75. The average molecular weight is 405 g/mol. The molecule has 1 aromatic carbocycles. The number of carbonyl (C=O) groups excluding carboxylic acids is 1. The zero-order chi connectivity index (χ0) is 19.6. The van der Waals surface area contributed by atoms with Crippen molar-refractivity contribution >= 4 is 39.8 Å². The molecule has 1 fully saturated rings. The molecule has 1 aliphatic heterocycles. The molecule has 1 N–H and O–H groups in total. The molecular weight excluding hydrogens is 380 g/mol. The van der Waals surface area contributed by atoms with Gasteiger partial charge in [-0.2, -0.15) is 0 Å². The van der Waals surface area contributed by atoms with E-state index in [1.807, 2.05) is 24.3 Å². The number of thiophene rings is 1. The van der Waals surface area contributed by atoms with Gasteiger partial charge in [0.15, 0.2) is 0 Å². The number of benzene rings is 1. The molecule has 0 saturated carbocycles. The van der Waals surface area contributed by atoms with Gasteiger partial charge in [0.05, 0.1) is 29.4 Å². The number of pyridine rings is 1. The van der Waals surface area contributed by atoms with Crippen molar-refractivity contribution in [2.24, 2.45) is 0 Å². The lowest BCUT2D eigenvalue weighted by Crippen LogP contribution is -2.41. The summed E-state index contributed by atoms with van der Waals surface area (Å²) in [7, 11) is 0. The third-order valence-corrected chi connectivity index (χ3v) is 6.57. The van der Waals surface area contributed by atoms with Crippen LogP contribution in [0.1, 0.15) is 52.2 Å². The van der Waals surface area contributed by atoms with Crippen LogP contribution >= 0.6 is 11.3 Å². The molecule has 5 heteroatoms. The summed E-state index contributed by atoms with van der Waals surface area (Å²) >= 11 is 1.73. The van der Waals surface area contributed by atoms with E-state index >= 15 is 0 Å². The number of carbonyl (C=O) groups is 1. The molecule has 1 unspecified atom stereocenters. The smallest absolute Gasteiger partial charge is 0.252 e. The van der Waals surface area contributed by atoms with E-state index in [4.69, 9.17) is 9.72 Å². The Hall–Kier alpha value is -2.50. The molecule has 3 heterocycles.